The van der Waals surface area contributed by atoms with Gasteiger partial charge in [-0.1, -0.05) is 133 Å². The van der Waals surface area contributed by atoms with Gasteiger partial charge in [0.25, 0.3) is 0 Å². The minimum Gasteiger partial charge on any atom is -0.311 e. The largest absolute Gasteiger partial charge is 0.311 e. The third kappa shape index (κ3) is 4.32. The van der Waals surface area contributed by atoms with Crippen molar-refractivity contribution in [1.82, 2.24) is 8.97 Å². The Balaban J connectivity index is 1.10. The average Bonchev–Trinajstić information content (AvgIpc) is 3.74. The highest BCUT2D eigenvalue weighted by Gasteiger charge is 2.24. The van der Waals surface area contributed by atoms with Gasteiger partial charge in [-0.2, -0.15) is 0 Å². The Kier molecular flexibility index (Phi) is 6.34. The summed E-state index contributed by atoms with van der Waals surface area (Å²) in [7, 11) is 0. The summed E-state index contributed by atoms with van der Waals surface area (Å²) in [6.45, 7) is 0. The zero-order chi connectivity index (χ0) is 36.0. The molecule has 0 saturated heterocycles. The van der Waals surface area contributed by atoms with Gasteiger partial charge in [-0.05, 0) is 88.6 Å². The molecule has 0 atom stereocenters. The standard InChI is InChI=1S/C52H33N3/c1-3-12-34(13-4-1)35-22-25-38(26-23-35)53(37-15-5-2-6-16-37)39-27-29-40(30-28-39)54-47-21-11-19-43-42-18-9-10-20-46(42)55-51-41-17-8-7-14-36(41)24-31-44(51)45-32-33-48(54)50(49(43)47)52(45)55/h1-33H. The first-order valence-corrected chi connectivity index (χ1v) is 18.9. The second-order valence-electron chi connectivity index (χ2n) is 14.5. The van der Waals surface area contributed by atoms with Crippen LogP contribution in [0.2, 0.25) is 0 Å². The monoisotopic (exact) mass is 699 g/mol. The molecule has 0 aliphatic rings. The van der Waals surface area contributed by atoms with Crippen molar-refractivity contribution in [3.8, 4) is 16.8 Å². The van der Waals surface area contributed by atoms with Crippen LogP contribution in [-0.2, 0) is 0 Å². The third-order valence-electron chi connectivity index (χ3n) is 11.6. The summed E-state index contributed by atoms with van der Waals surface area (Å²) >= 11 is 0. The molecule has 3 heterocycles. The van der Waals surface area contributed by atoms with E-state index < -0.39 is 0 Å². The van der Waals surface area contributed by atoms with Crippen LogP contribution < -0.4 is 4.90 Å². The number of hydrogen-bond donors (Lipinski definition) is 0. The summed E-state index contributed by atoms with van der Waals surface area (Å²) < 4.78 is 5.02. The van der Waals surface area contributed by atoms with Gasteiger partial charge in [0, 0.05) is 55.1 Å². The van der Waals surface area contributed by atoms with Crippen molar-refractivity contribution in [1.29, 1.82) is 0 Å². The summed E-state index contributed by atoms with van der Waals surface area (Å²) in [5, 5.41) is 10.2. The second-order valence-corrected chi connectivity index (χ2v) is 14.5. The highest BCUT2D eigenvalue weighted by Crippen LogP contribution is 2.46. The Morgan fingerprint density at radius 1 is 0.309 bits per heavy atom. The number of aromatic nitrogens is 2. The third-order valence-corrected chi connectivity index (χ3v) is 11.6. The fourth-order valence-electron chi connectivity index (χ4n) is 9.26. The van der Waals surface area contributed by atoms with Crippen LogP contribution in [0.25, 0.3) is 87.5 Å². The predicted octanol–water partition coefficient (Wildman–Crippen LogP) is 14.2. The molecule has 0 radical (unpaired) electrons. The zero-order valence-electron chi connectivity index (χ0n) is 29.9. The van der Waals surface area contributed by atoms with Crippen LogP contribution in [0.4, 0.5) is 17.1 Å². The lowest BCUT2D eigenvalue weighted by Crippen LogP contribution is -2.10. The van der Waals surface area contributed by atoms with E-state index >= 15 is 0 Å². The number of fused-ring (bicyclic) bond motifs is 8. The van der Waals surface area contributed by atoms with Crippen LogP contribution in [0.3, 0.4) is 0 Å². The molecule has 12 aromatic rings. The second kappa shape index (κ2) is 11.6. The lowest BCUT2D eigenvalue weighted by atomic mass is 10.0. The first kappa shape index (κ1) is 30.1. The molecule has 0 aliphatic carbocycles. The SMILES string of the molecule is c1ccc(-c2ccc(N(c3ccccc3)c3ccc(-n4c5cccc6c7ccccc7n7c8c9ccccc9ccc8c8ccc4c(c65)c87)cc3)cc2)cc1. The quantitative estimate of drug-likeness (QED) is 0.174. The van der Waals surface area contributed by atoms with Gasteiger partial charge in [-0.3, -0.25) is 0 Å². The minimum atomic E-state index is 1.10. The Bertz CT molecular complexity index is 3390. The van der Waals surface area contributed by atoms with E-state index in [0.29, 0.717) is 0 Å². The van der Waals surface area contributed by atoms with Crippen LogP contribution in [0.1, 0.15) is 0 Å². The molecule has 0 N–H and O–H groups in total. The minimum absolute atomic E-state index is 1.10. The van der Waals surface area contributed by atoms with Crippen LogP contribution in [0.5, 0.6) is 0 Å². The highest BCUT2D eigenvalue weighted by atomic mass is 15.1. The zero-order valence-corrected chi connectivity index (χ0v) is 29.9. The number of rotatable bonds is 5. The van der Waals surface area contributed by atoms with Crippen molar-refractivity contribution >= 4 is 87.7 Å². The smallest absolute Gasteiger partial charge is 0.0642 e. The van der Waals surface area contributed by atoms with E-state index in [1.807, 2.05) is 0 Å². The topological polar surface area (TPSA) is 12.6 Å². The van der Waals surface area contributed by atoms with Crippen molar-refractivity contribution in [2.75, 3.05) is 4.90 Å². The first-order chi connectivity index (χ1) is 27.3. The van der Waals surface area contributed by atoms with Crippen LogP contribution in [-0.4, -0.2) is 8.97 Å². The van der Waals surface area contributed by atoms with Crippen molar-refractivity contribution < 1.29 is 0 Å². The van der Waals surface area contributed by atoms with E-state index in [9.17, 15) is 0 Å². The molecule has 0 aliphatic heterocycles. The van der Waals surface area contributed by atoms with Crippen molar-refractivity contribution in [2.24, 2.45) is 0 Å². The molecule has 3 nitrogen and oxygen atoms in total. The van der Waals surface area contributed by atoms with Gasteiger partial charge < -0.3 is 13.9 Å². The molecule has 9 aromatic carbocycles. The van der Waals surface area contributed by atoms with E-state index in [1.165, 1.54) is 81.8 Å². The first-order valence-electron chi connectivity index (χ1n) is 18.9. The fraction of sp³-hybridized carbons (Fsp3) is 0. The molecule has 256 valence electrons. The van der Waals surface area contributed by atoms with Crippen molar-refractivity contribution in [3.63, 3.8) is 0 Å². The number of para-hydroxylation sites is 2. The maximum absolute atomic E-state index is 2.55. The summed E-state index contributed by atoms with van der Waals surface area (Å²) in [4.78, 5) is 2.34. The number of hydrogen-bond acceptors (Lipinski definition) is 1. The van der Waals surface area contributed by atoms with E-state index in [2.05, 4.69) is 214 Å². The molecule has 12 rings (SSSR count). The Morgan fingerprint density at radius 2 is 0.873 bits per heavy atom. The molecule has 0 spiro atoms. The summed E-state index contributed by atoms with van der Waals surface area (Å²) in [5.74, 6) is 0. The van der Waals surface area contributed by atoms with Crippen LogP contribution in [0, 0.1) is 0 Å². The van der Waals surface area contributed by atoms with Crippen LogP contribution >= 0.6 is 0 Å². The molecule has 0 amide bonds. The molecule has 3 aromatic heterocycles. The molecule has 3 heteroatoms. The van der Waals surface area contributed by atoms with E-state index in [0.717, 1.165) is 22.7 Å². The Morgan fingerprint density at radius 3 is 1.67 bits per heavy atom. The Hall–Kier alpha value is -7.36. The summed E-state index contributed by atoms with van der Waals surface area (Å²) in [5.41, 5.74) is 13.1. The number of nitrogens with zero attached hydrogens (tertiary/aromatic N) is 3. The normalized spacial score (nSPS) is 12.0. The van der Waals surface area contributed by atoms with Gasteiger partial charge in [0.15, 0.2) is 0 Å². The van der Waals surface area contributed by atoms with E-state index in [4.69, 9.17) is 0 Å². The van der Waals surface area contributed by atoms with Crippen LogP contribution in [0.15, 0.2) is 200 Å². The Labute approximate surface area is 317 Å². The maximum Gasteiger partial charge on any atom is 0.0642 e. The molecular formula is C52H33N3. The van der Waals surface area contributed by atoms with Gasteiger partial charge >= 0.3 is 0 Å². The average molecular weight is 700 g/mol. The number of benzene rings is 9. The van der Waals surface area contributed by atoms with Gasteiger partial charge in [-0.15, -0.1) is 0 Å². The maximum atomic E-state index is 2.55. The molecule has 55 heavy (non-hydrogen) atoms. The number of anilines is 3. The molecular weight excluding hydrogens is 667 g/mol. The van der Waals surface area contributed by atoms with Gasteiger partial charge in [0.05, 0.1) is 27.6 Å². The predicted molar refractivity (Wildman–Crippen MR) is 233 cm³/mol. The lowest BCUT2D eigenvalue weighted by molar-refractivity contribution is 1.17. The molecule has 0 bridgehead atoms. The summed E-state index contributed by atoms with van der Waals surface area (Å²) in [6, 6.07) is 73.0. The van der Waals surface area contributed by atoms with E-state index in [-0.39, 0.29) is 0 Å². The van der Waals surface area contributed by atoms with Crippen molar-refractivity contribution in [3.05, 3.63) is 200 Å². The summed E-state index contributed by atoms with van der Waals surface area (Å²) in [6.07, 6.45) is 0. The van der Waals surface area contributed by atoms with Crippen molar-refractivity contribution in [2.45, 2.75) is 0 Å². The van der Waals surface area contributed by atoms with Gasteiger partial charge in [-0.25, -0.2) is 0 Å². The van der Waals surface area contributed by atoms with E-state index in [1.54, 1.807) is 0 Å². The molecule has 0 fully saturated rings. The fourth-order valence-corrected chi connectivity index (χ4v) is 9.26. The lowest BCUT2D eigenvalue weighted by Gasteiger charge is -2.26. The highest BCUT2D eigenvalue weighted by molar-refractivity contribution is 6.34. The van der Waals surface area contributed by atoms with Gasteiger partial charge in [0.1, 0.15) is 0 Å². The van der Waals surface area contributed by atoms with Gasteiger partial charge in [0.2, 0.25) is 0 Å². The molecule has 0 unspecified atom stereocenters. The molecule has 0 saturated carbocycles.